The second kappa shape index (κ2) is 6.21. The third-order valence-electron chi connectivity index (χ3n) is 3.81. The van der Waals surface area contributed by atoms with Crippen LogP contribution < -0.4 is 0 Å². The summed E-state index contributed by atoms with van der Waals surface area (Å²) in [4.78, 5) is 0.261. The topological polar surface area (TPSA) is 73.0 Å². The number of hydrogen-bond donors (Lipinski definition) is 0. The van der Waals surface area contributed by atoms with Crippen LogP contribution in [0, 0.1) is 13.8 Å². The molecular formula is C14H23N5O2S. The number of nitrogens with zero attached hydrogens (tertiary/aromatic N) is 5. The minimum atomic E-state index is -3.56. The fourth-order valence-corrected chi connectivity index (χ4v) is 3.67. The Labute approximate surface area is 131 Å². The predicted octanol–water partition coefficient (Wildman–Crippen LogP) is 1.56. The van der Waals surface area contributed by atoms with Gasteiger partial charge in [0.1, 0.15) is 4.90 Å². The minimum absolute atomic E-state index is 0.261. The van der Waals surface area contributed by atoms with Crippen molar-refractivity contribution in [2.24, 2.45) is 0 Å². The molecule has 0 aliphatic heterocycles. The molecule has 0 unspecified atom stereocenters. The van der Waals surface area contributed by atoms with Crippen LogP contribution in [0.4, 0.5) is 0 Å². The lowest BCUT2D eigenvalue weighted by Crippen LogP contribution is -2.27. The molecule has 0 atom stereocenters. The molecule has 2 heterocycles. The van der Waals surface area contributed by atoms with E-state index >= 15 is 0 Å². The monoisotopic (exact) mass is 325 g/mol. The molecule has 0 aliphatic rings. The fourth-order valence-electron chi connectivity index (χ4n) is 2.37. The molecule has 0 saturated heterocycles. The van der Waals surface area contributed by atoms with Crippen molar-refractivity contribution in [3.8, 4) is 0 Å². The average Bonchev–Trinajstić information content (AvgIpc) is 3.02. The predicted molar refractivity (Wildman–Crippen MR) is 83.9 cm³/mol. The van der Waals surface area contributed by atoms with Gasteiger partial charge in [-0.3, -0.25) is 9.36 Å². The van der Waals surface area contributed by atoms with Crippen LogP contribution in [0.5, 0.6) is 0 Å². The van der Waals surface area contributed by atoms with E-state index in [9.17, 15) is 8.42 Å². The van der Waals surface area contributed by atoms with Crippen LogP contribution in [0.25, 0.3) is 0 Å². The van der Waals surface area contributed by atoms with Crippen LogP contribution in [0.2, 0.25) is 0 Å². The van der Waals surface area contributed by atoms with Crippen LogP contribution in [0.3, 0.4) is 0 Å². The van der Waals surface area contributed by atoms with Gasteiger partial charge in [-0.25, -0.2) is 8.42 Å². The van der Waals surface area contributed by atoms with Crippen LogP contribution in [-0.2, 0) is 29.7 Å². The van der Waals surface area contributed by atoms with Gasteiger partial charge in [0, 0.05) is 38.4 Å². The molecule has 0 radical (unpaired) electrons. The van der Waals surface area contributed by atoms with Gasteiger partial charge >= 0.3 is 0 Å². The van der Waals surface area contributed by atoms with Crippen molar-refractivity contribution in [3.05, 3.63) is 29.3 Å². The van der Waals surface area contributed by atoms with Crippen LogP contribution in [-0.4, -0.2) is 39.3 Å². The highest BCUT2D eigenvalue weighted by Crippen LogP contribution is 2.21. The van der Waals surface area contributed by atoms with Gasteiger partial charge in [0.25, 0.3) is 0 Å². The third-order valence-corrected chi connectivity index (χ3v) is 5.72. The van der Waals surface area contributed by atoms with Crippen LogP contribution in [0.1, 0.15) is 30.8 Å². The van der Waals surface area contributed by atoms with Gasteiger partial charge < -0.3 is 0 Å². The summed E-state index contributed by atoms with van der Waals surface area (Å²) in [6, 6.07) is 0. The van der Waals surface area contributed by atoms with E-state index in [1.807, 2.05) is 31.6 Å². The smallest absolute Gasteiger partial charge is 0.246 e. The summed E-state index contributed by atoms with van der Waals surface area (Å²) in [6.07, 6.45) is 3.32. The van der Waals surface area contributed by atoms with Crippen molar-refractivity contribution in [2.75, 3.05) is 7.05 Å². The third kappa shape index (κ3) is 2.93. The lowest BCUT2D eigenvalue weighted by Gasteiger charge is -2.16. The zero-order valence-electron chi connectivity index (χ0n) is 13.7. The van der Waals surface area contributed by atoms with Gasteiger partial charge in [-0.15, -0.1) is 0 Å². The summed E-state index contributed by atoms with van der Waals surface area (Å²) in [5, 5.41) is 8.47. The average molecular weight is 325 g/mol. The molecule has 0 spiro atoms. The maximum absolute atomic E-state index is 12.7. The molecule has 0 aliphatic carbocycles. The Kier molecular flexibility index (Phi) is 4.72. The number of rotatable bonds is 6. The van der Waals surface area contributed by atoms with Crippen molar-refractivity contribution < 1.29 is 8.42 Å². The summed E-state index contributed by atoms with van der Waals surface area (Å²) >= 11 is 0. The van der Waals surface area contributed by atoms with E-state index in [1.54, 1.807) is 18.7 Å². The van der Waals surface area contributed by atoms with Crippen molar-refractivity contribution in [2.45, 2.75) is 52.2 Å². The SMILES string of the molecule is CCn1cc(CN(C)S(=O)(=O)c2cnn(CC)c2C)c(C)n1. The van der Waals surface area contributed by atoms with Gasteiger partial charge in [0.05, 0.1) is 17.6 Å². The quantitative estimate of drug-likeness (QED) is 0.808. The van der Waals surface area contributed by atoms with Gasteiger partial charge in [0.15, 0.2) is 0 Å². The summed E-state index contributed by atoms with van der Waals surface area (Å²) in [5.74, 6) is 0. The Balaban J connectivity index is 2.28. The minimum Gasteiger partial charge on any atom is -0.272 e. The van der Waals surface area contributed by atoms with E-state index in [2.05, 4.69) is 10.2 Å². The molecule has 0 saturated carbocycles. The molecular weight excluding hydrogens is 302 g/mol. The van der Waals surface area contributed by atoms with Crippen molar-refractivity contribution in [1.29, 1.82) is 0 Å². The number of hydrogen-bond acceptors (Lipinski definition) is 4. The second-order valence-corrected chi connectivity index (χ2v) is 7.28. The Morgan fingerprint density at radius 3 is 2.41 bits per heavy atom. The Morgan fingerprint density at radius 1 is 1.23 bits per heavy atom. The summed E-state index contributed by atoms with van der Waals surface area (Å²) in [5.41, 5.74) is 2.42. The first-order chi connectivity index (χ1) is 10.3. The number of sulfonamides is 1. The van der Waals surface area contributed by atoms with Gasteiger partial charge in [-0.05, 0) is 27.7 Å². The van der Waals surface area contributed by atoms with Gasteiger partial charge in [-0.1, -0.05) is 0 Å². The Morgan fingerprint density at radius 2 is 1.91 bits per heavy atom. The largest absolute Gasteiger partial charge is 0.272 e. The molecule has 2 rings (SSSR count). The summed E-state index contributed by atoms with van der Waals surface area (Å²) in [7, 11) is -1.97. The normalized spacial score (nSPS) is 12.3. The summed E-state index contributed by atoms with van der Waals surface area (Å²) in [6.45, 7) is 9.31. The van der Waals surface area contributed by atoms with Crippen molar-refractivity contribution in [3.63, 3.8) is 0 Å². The Bertz CT molecular complexity index is 760. The molecule has 22 heavy (non-hydrogen) atoms. The highest BCUT2D eigenvalue weighted by atomic mass is 32.2. The highest BCUT2D eigenvalue weighted by Gasteiger charge is 2.26. The zero-order chi connectivity index (χ0) is 16.5. The van der Waals surface area contributed by atoms with E-state index in [0.717, 1.165) is 17.8 Å². The molecule has 0 N–H and O–H groups in total. The molecule has 7 nitrogen and oxygen atoms in total. The molecule has 0 amide bonds. The molecule has 2 aromatic rings. The van der Waals surface area contributed by atoms with E-state index in [1.165, 1.54) is 10.5 Å². The second-order valence-electron chi connectivity index (χ2n) is 5.27. The van der Waals surface area contributed by atoms with E-state index in [-0.39, 0.29) is 4.90 Å². The lowest BCUT2D eigenvalue weighted by molar-refractivity contribution is 0.465. The fraction of sp³-hybridized carbons (Fsp3) is 0.571. The molecule has 0 aromatic carbocycles. The number of aryl methyl sites for hydroxylation is 3. The van der Waals surface area contributed by atoms with Crippen molar-refractivity contribution in [1.82, 2.24) is 23.9 Å². The zero-order valence-corrected chi connectivity index (χ0v) is 14.6. The number of aromatic nitrogens is 4. The van der Waals surface area contributed by atoms with Crippen LogP contribution >= 0.6 is 0 Å². The molecule has 0 bridgehead atoms. The van der Waals surface area contributed by atoms with E-state index in [0.29, 0.717) is 18.8 Å². The maximum Gasteiger partial charge on any atom is 0.246 e. The van der Waals surface area contributed by atoms with Gasteiger partial charge in [0.2, 0.25) is 10.0 Å². The first-order valence-corrected chi connectivity index (χ1v) is 8.76. The van der Waals surface area contributed by atoms with Crippen LogP contribution in [0.15, 0.2) is 17.3 Å². The van der Waals surface area contributed by atoms with Gasteiger partial charge in [-0.2, -0.15) is 14.5 Å². The van der Waals surface area contributed by atoms with Crippen molar-refractivity contribution >= 4 is 10.0 Å². The first kappa shape index (κ1) is 16.7. The Hall–Kier alpha value is -1.67. The molecule has 122 valence electrons. The standard InChI is InChI=1S/C14H23N5O2S/c1-6-18-10-13(11(3)16-18)9-17(5)22(20,21)14-8-15-19(7-2)12(14)4/h8,10H,6-7,9H2,1-5H3. The molecule has 8 heteroatoms. The van der Waals surface area contributed by atoms with E-state index < -0.39 is 10.0 Å². The van der Waals surface area contributed by atoms with E-state index in [4.69, 9.17) is 0 Å². The highest BCUT2D eigenvalue weighted by molar-refractivity contribution is 7.89. The molecule has 2 aromatic heterocycles. The maximum atomic E-state index is 12.7. The molecule has 0 fully saturated rings. The lowest BCUT2D eigenvalue weighted by atomic mass is 10.3. The summed E-state index contributed by atoms with van der Waals surface area (Å²) < 4.78 is 30.3. The first-order valence-electron chi connectivity index (χ1n) is 7.32.